The minimum atomic E-state index is -0.539. The van der Waals surface area contributed by atoms with Crippen LogP contribution in [0, 0.1) is 19.8 Å². The highest BCUT2D eigenvalue weighted by Crippen LogP contribution is 2.11. The van der Waals surface area contributed by atoms with E-state index in [1.165, 1.54) is 7.11 Å². The van der Waals surface area contributed by atoms with Crippen LogP contribution >= 0.6 is 0 Å². The van der Waals surface area contributed by atoms with Crippen LogP contribution in [0.1, 0.15) is 31.7 Å². The second-order valence-corrected chi connectivity index (χ2v) is 5.71. The molecule has 0 bridgehead atoms. The van der Waals surface area contributed by atoms with Crippen LogP contribution in [0.25, 0.3) is 5.95 Å². The lowest BCUT2D eigenvalue weighted by Crippen LogP contribution is -2.33. The van der Waals surface area contributed by atoms with E-state index in [1.807, 2.05) is 33.8 Å². The lowest BCUT2D eigenvalue weighted by molar-refractivity contribution is -0.141. The van der Waals surface area contributed by atoms with Crippen molar-refractivity contribution in [1.82, 2.24) is 30.2 Å². The van der Waals surface area contributed by atoms with Crippen molar-refractivity contribution in [3.05, 3.63) is 17.5 Å². The van der Waals surface area contributed by atoms with Gasteiger partial charge in [-0.2, -0.15) is 5.10 Å². The topological polar surface area (TPSA) is 108 Å². The number of anilines is 1. The van der Waals surface area contributed by atoms with Gasteiger partial charge in [0.25, 0.3) is 11.9 Å². The third-order valence-corrected chi connectivity index (χ3v) is 3.16. The molecule has 124 valence electrons. The first-order valence-corrected chi connectivity index (χ1v) is 7.36. The van der Waals surface area contributed by atoms with Crippen molar-refractivity contribution in [2.24, 2.45) is 5.92 Å². The minimum Gasteiger partial charge on any atom is -0.467 e. The predicted molar refractivity (Wildman–Crippen MR) is 83.1 cm³/mol. The Hall–Kier alpha value is -2.58. The van der Waals surface area contributed by atoms with Gasteiger partial charge in [-0.05, 0) is 32.3 Å². The Morgan fingerprint density at radius 2 is 1.91 bits per heavy atom. The van der Waals surface area contributed by atoms with Crippen LogP contribution in [0.15, 0.2) is 6.07 Å². The summed E-state index contributed by atoms with van der Waals surface area (Å²) in [5.41, 5.74) is 1.75. The molecule has 2 aromatic heterocycles. The summed E-state index contributed by atoms with van der Waals surface area (Å²) >= 11 is 0. The number of nitrogens with zero attached hydrogens (tertiary/aromatic N) is 6. The van der Waals surface area contributed by atoms with Gasteiger partial charge in [-0.3, -0.25) is 0 Å². The van der Waals surface area contributed by atoms with Gasteiger partial charge in [0.05, 0.1) is 12.8 Å². The maximum atomic E-state index is 11.8. The number of hydrogen-bond donors (Lipinski definition) is 1. The fraction of sp³-hybridized carbons (Fsp3) is 0.571. The van der Waals surface area contributed by atoms with Crippen molar-refractivity contribution in [3.63, 3.8) is 0 Å². The van der Waals surface area contributed by atoms with Gasteiger partial charge in [0, 0.05) is 5.69 Å². The van der Waals surface area contributed by atoms with Crippen LogP contribution in [-0.4, -0.2) is 49.3 Å². The Labute approximate surface area is 134 Å². The molecule has 1 atom stereocenters. The normalized spacial score (nSPS) is 12.3. The first-order chi connectivity index (χ1) is 10.9. The molecule has 0 aromatic carbocycles. The third kappa shape index (κ3) is 4.21. The molecular weight excluding hydrogens is 298 g/mol. The second-order valence-electron chi connectivity index (χ2n) is 5.71. The quantitative estimate of drug-likeness (QED) is 0.788. The van der Waals surface area contributed by atoms with Crippen molar-refractivity contribution >= 4 is 11.9 Å². The molecule has 1 N–H and O–H groups in total. The lowest BCUT2D eigenvalue weighted by Gasteiger charge is -2.17. The molecular formula is C14H21N7O2. The van der Waals surface area contributed by atoms with E-state index in [-0.39, 0.29) is 17.9 Å². The minimum absolute atomic E-state index is 0.173. The van der Waals surface area contributed by atoms with Crippen molar-refractivity contribution in [2.45, 2.75) is 40.2 Å². The molecule has 0 radical (unpaired) electrons. The van der Waals surface area contributed by atoms with Crippen molar-refractivity contribution in [3.8, 4) is 5.95 Å². The van der Waals surface area contributed by atoms with E-state index in [0.29, 0.717) is 12.3 Å². The van der Waals surface area contributed by atoms with Crippen LogP contribution < -0.4 is 5.32 Å². The SMILES string of the molecule is COC(=O)C(CC(C)C)Nc1nnc(-n2nc(C)cc2C)nn1. The summed E-state index contributed by atoms with van der Waals surface area (Å²) in [6.45, 7) is 7.81. The Morgan fingerprint density at radius 3 is 2.39 bits per heavy atom. The van der Waals surface area contributed by atoms with Crippen LogP contribution in [0.2, 0.25) is 0 Å². The Morgan fingerprint density at radius 1 is 1.26 bits per heavy atom. The lowest BCUT2D eigenvalue weighted by atomic mass is 10.0. The number of nitrogens with one attached hydrogen (secondary N) is 1. The number of ether oxygens (including phenoxy) is 1. The summed E-state index contributed by atoms with van der Waals surface area (Å²) in [5, 5.41) is 23.1. The molecule has 2 aromatic rings. The Kier molecular flexibility index (Phi) is 5.20. The van der Waals surface area contributed by atoms with Crippen molar-refractivity contribution < 1.29 is 9.53 Å². The number of rotatable bonds is 6. The smallest absolute Gasteiger partial charge is 0.328 e. The average Bonchev–Trinajstić information content (AvgIpc) is 2.84. The number of aryl methyl sites for hydroxylation is 2. The molecule has 0 amide bonds. The van der Waals surface area contributed by atoms with Gasteiger partial charge in [-0.15, -0.1) is 20.4 Å². The van der Waals surface area contributed by atoms with Gasteiger partial charge in [0.15, 0.2) is 0 Å². The number of carbonyl (C=O) groups excluding carboxylic acids is 1. The molecule has 0 aliphatic rings. The maximum absolute atomic E-state index is 11.8. The zero-order valence-electron chi connectivity index (χ0n) is 13.9. The Balaban J connectivity index is 2.15. The molecule has 0 aliphatic heterocycles. The monoisotopic (exact) mass is 319 g/mol. The van der Waals surface area contributed by atoms with E-state index < -0.39 is 6.04 Å². The highest BCUT2D eigenvalue weighted by Gasteiger charge is 2.22. The molecule has 2 heterocycles. The summed E-state index contributed by atoms with van der Waals surface area (Å²) in [4.78, 5) is 11.8. The first-order valence-electron chi connectivity index (χ1n) is 7.36. The molecule has 2 rings (SSSR count). The van der Waals surface area contributed by atoms with E-state index in [4.69, 9.17) is 4.74 Å². The summed E-state index contributed by atoms with van der Waals surface area (Å²) in [5.74, 6) is 0.386. The van der Waals surface area contributed by atoms with Gasteiger partial charge < -0.3 is 10.1 Å². The van der Waals surface area contributed by atoms with Gasteiger partial charge in [-0.25, -0.2) is 9.48 Å². The third-order valence-electron chi connectivity index (χ3n) is 3.16. The summed E-state index contributed by atoms with van der Waals surface area (Å²) < 4.78 is 6.35. The fourth-order valence-electron chi connectivity index (χ4n) is 2.18. The molecule has 0 aliphatic carbocycles. The number of methoxy groups -OCH3 is 1. The molecule has 0 fully saturated rings. The molecule has 0 saturated carbocycles. The number of carbonyl (C=O) groups is 1. The van der Waals surface area contributed by atoms with Crippen LogP contribution in [0.4, 0.5) is 5.95 Å². The summed E-state index contributed by atoms with van der Waals surface area (Å²) in [7, 11) is 1.35. The van der Waals surface area contributed by atoms with Crippen molar-refractivity contribution in [2.75, 3.05) is 12.4 Å². The van der Waals surface area contributed by atoms with Crippen LogP contribution in [0.5, 0.6) is 0 Å². The standard InChI is InChI=1S/C14H21N7O2/c1-8(2)6-11(12(22)23-5)15-13-16-18-14(19-17-13)21-10(4)7-9(3)20-21/h7-8,11H,6H2,1-5H3,(H,15,16,17). The maximum Gasteiger partial charge on any atom is 0.328 e. The summed E-state index contributed by atoms with van der Waals surface area (Å²) in [6.07, 6.45) is 0.593. The average molecular weight is 319 g/mol. The molecule has 0 saturated heterocycles. The second kappa shape index (κ2) is 7.12. The van der Waals surface area contributed by atoms with Crippen LogP contribution in [-0.2, 0) is 9.53 Å². The number of esters is 1. The fourth-order valence-corrected chi connectivity index (χ4v) is 2.18. The highest BCUT2D eigenvalue weighted by atomic mass is 16.5. The number of hydrogen-bond acceptors (Lipinski definition) is 8. The molecule has 23 heavy (non-hydrogen) atoms. The zero-order valence-corrected chi connectivity index (χ0v) is 13.9. The van der Waals surface area contributed by atoms with E-state index in [0.717, 1.165) is 11.4 Å². The van der Waals surface area contributed by atoms with Crippen LogP contribution in [0.3, 0.4) is 0 Å². The van der Waals surface area contributed by atoms with Gasteiger partial charge >= 0.3 is 5.97 Å². The molecule has 9 heteroatoms. The number of aromatic nitrogens is 6. The van der Waals surface area contributed by atoms with Gasteiger partial charge in [0.1, 0.15) is 6.04 Å². The zero-order chi connectivity index (χ0) is 17.0. The predicted octanol–water partition coefficient (Wildman–Crippen LogP) is 1.07. The highest BCUT2D eigenvalue weighted by molar-refractivity contribution is 5.78. The summed E-state index contributed by atoms with van der Waals surface area (Å²) in [6, 6.07) is 1.37. The van der Waals surface area contributed by atoms with Gasteiger partial charge in [-0.1, -0.05) is 13.8 Å². The van der Waals surface area contributed by atoms with E-state index in [1.54, 1.807) is 4.68 Å². The van der Waals surface area contributed by atoms with Crippen molar-refractivity contribution in [1.29, 1.82) is 0 Å². The molecule has 9 nitrogen and oxygen atoms in total. The largest absolute Gasteiger partial charge is 0.467 e. The molecule has 1 unspecified atom stereocenters. The van der Waals surface area contributed by atoms with E-state index in [2.05, 4.69) is 30.8 Å². The molecule has 0 spiro atoms. The Bertz CT molecular complexity index is 666. The first kappa shape index (κ1) is 16.8. The van der Waals surface area contributed by atoms with E-state index >= 15 is 0 Å². The van der Waals surface area contributed by atoms with E-state index in [9.17, 15) is 4.79 Å². The van der Waals surface area contributed by atoms with Gasteiger partial charge in [0.2, 0.25) is 0 Å².